The number of hydrogen-bond donors (Lipinski definition) is 1. The molecular weight excluding hydrogens is 330 g/mol. The van der Waals surface area contributed by atoms with Crippen molar-refractivity contribution in [2.75, 3.05) is 0 Å². The van der Waals surface area contributed by atoms with Gasteiger partial charge in [-0.2, -0.15) is 0 Å². The second-order valence-electron chi connectivity index (χ2n) is 6.80. The highest BCUT2D eigenvalue weighted by Gasteiger charge is 2.20. The van der Waals surface area contributed by atoms with Gasteiger partial charge >= 0.3 is 0 Å². The Bertz CT molecular complexity index is 763. The first-order valence-corrected chi connectivity index (χ1v) is 10.6. The van der Waals surface area contributed by atoms with E-state index in [9.17, 15) is 8.42 Å². The van der Waals surface area contributed by atoms with Crippen LogP contribution in [0.15, 0.2) is 53.4 Å². The van der Waals surface area contributed by atoms with E-state index >= 15 is 0 Å². The zero-order chi connectivity index (χ0) is 18.4. The van der Waals surface area contributed by atoms with Gasteiger partial charge in [-0.3, -0.25) is 0 Å². The fourth-order valence-electron chi connectivity index (χ4n) is 2.88. The van der Waals surface area contributed by atoms with Crippen molar-refractivity contribution >= 4 is 10.0 Å². The Labute approximate surface area is 152 Å². The summed E-state index contributed by atoms with van der Waals surface area (Å²) in [6, 6.07) is 15.2. The van der Waals surface area contributed by atoms with Crippen LogP contribution < -0.4 is 4.72 Å². The zero-order valence-corrected chi connectivity index (χ0v) is 16.4. The molecule has 0 aliphatic heterocycles. The molecule has 0 aromatic heterocycles. The molecule has 0 saturated carbocycles. The lowest BCUT2D eigenvalue weighted by Crippen LogP contribution is -2.28. The third-order valence-electron chi connectivity index (χ3n) is 4.48. The Kier molecular flexibility index (Phi) is 6.79. The number of hydrogen-bond acceptors (Lipinski definition) is 2. The summed E-state index contributed by atoms with van der Waals surface area (Å²) in [7, 11) is -3.53. The largest absolute Gasteiger partial charge is 0.241 e. The van der Waals surface area contributed by atoms with E-state index in [-0.39, 0.29) is 6.04 Å². The van der Waals surface area contributed by atoms with E-state index in [0.717, 1.165) is 24.0 Å². The first kappa shape index (κ1) is 19.7. The molecule has 0 amide bonds. The quantitative estimate of drug-likeness (QED) is 0.705. The molecule has 0 spiro atoms. The van der Waals surface area contributed by atoms with Gasteiger partial charge in [-0.25, -0.2) is 13.1 Å². The molecule has 25 heavy (non-hydrogen) atoms. The summed E-state index contributed by atoms with van der Waals surface area (Å²) >= 11 is 0. The third kappa shape index (κ3) is 5.16. The molecule has 0 bridgehead atoms. The van der Waals surface area contributed by atoms with Crippen molar-refractivity contribution in [2.45, 2.75) is 63.8 Å². The SMILES string of the molecule is CCCc1ccc(S(=O)(=O)NC(CC)c2ccc(C(C)C)cc2)cc1. The second-order valence-corrected chi connectivity index (χ2v) is 8.51. The molecule has 1 unspecified atom stereocenters. The summed E-state index contributed by atoms with van der Waals surface area (Å²) in [4.78, 5) is 0.324. The maximum atomic E-state index is 12.7. The van der Waals surface area contributed by atoms with Gasteiger partial charge in [0.25, 0.3) is 0 Å². The molecular formula is C21H29NO2S. The molecule has 2 rings (SSSR count). The van der Waals surface area contributed by atoms with Gasteiger partial charge in [0.2, 0.25) is 10.0 Å². The topological polar surface area (TPSA) is 46.2 Å². The van der Waals surface area contributed by atoms with Crippen molar-refractivity contribution < 1.29 is 8.42 Å². The summed E-state index contributed by atoms with van der Waals surface area (Å²) in [6.45, 7) is 8.41. The standard InChI is InChI=1S/C21H29NO2S/c1-5-7-17-8-14-20(15-9-17)25(23,24)22-21(6-2)19-12-10-18(11-13-19)16(3)4/h8-16,21-22H,5-7H2,1-4H3. The van der Waals surface area contributed by atoms with Crippen molar-refractivity contribution in [3.8, 4) is 0 Å². The monoisotopic (exact) mass is 359 g/mol. The molecule has 0 radical (unpaired) electrons. The van der Waals surface area contributed by atoms with Gasteiger partial charge in [0.15, 0.2) is 0 Å². The van der Waals surface area contributed by atoms with Gasteiger partial charge in [0.05, 0.1) is 4.90 Å². The molecule has 0 aliphatic carbocycles. The van der Waals surface area contributed by atoms with Crippen LogP contribution in [0.25, 0.3) is 0 Å². The highest BCUT2D eigenvalue weighted by Crippen LogP contribution is 2.23. The third-order valence-corrected chi connectivity index (χ3v) is 5.97. The molecule has 4 heteroatoms. The Morgan fingerprint density at radius 2 is 1.44 bits per heavy atom. The van der Waals surface area contributed by atoms with Crippen molar-refractivity contribution in [1.82, 2.24) is 4.72 Å². The first-order valence-electron chi connectivity index (χ1n) is 9.08. The Morgan fingerprint density at radius 3 is 1.92 bits per heavy atom. The lowest BCUT2D eigenvalue weighted by atomic mass is 9.98. The van der Waals surface area contributed by atoms with Crippen molar-refractivity contribution in [2.24, 2.45) is 0 Å². The first-order chi connectivity index (χ1) is 11.9. The average molecular weight is 360 g/mol. The van der Waals surface area contributed by atoms with E-state index in [1.54, 1.807) is 12.1 Å². The fraction of sp³-hybridized carbons (Fsp3) is 0.429. The van der Waals surface area contributed by atoms with Crippen LogP contribution in [-0.2, 0) is 16.4 Å². The molecule has 136 valence electrons. The normalized spacial score (nSPS) is 13.2. The predicted octanol–water partition coefficient (Wildman–Crippen LogP) is 5.19. The van der Waals surface area contributed by atoms with Crippen molar-refractivity contribution in [3.05, 3.63) is 65.2 Å². The van der Waals surface area contributed by atoms with Crippen LogP contribution >= 0.6 is 0 Å². The number of rotatable bonds is 8. The van der Waals surface area contributed by atoms with E-state index in [2.05, 4.69) is 37.6 Å². The summed E-state index contributed by atoms with van der Waals surface area (Å²) in [6.07, 6.45) is 2.72. The van der Waals surface area contributed by atoms with E-state index in [1.807, 2.05) is 31.2 Å². The van der Waals surface area contributed by atoms with Crippen LogP contribution in [0.3, 0.4) is 0 Å². The average Bonchev–Trinajstić information content (AvgIpc) is 2.60. The zero-order valence-electron chi connectivity index (χ0n) is 15.6. The maximum absolute atomic E-state index is 12.7. The van der Waals surface area contributed by atoms with E-state index in [1.165, 1.54) is 5.56 Å². The van der Waals surface area contributed by atoms with Gasteiger partial charge in [0.1, 0.15) is 0 Å². The van der Waals surface area contributed by atoms with Gasteiger partial charge in [-0.1, -0.05) is 70.5 Å². The van der Waals surface area contributed by atoms with E-state index in [4.69, 9.17) is 0 Å². The second kappa shape index (κ2) is 8.63. The van der Waals surface area contributed by atoms with Gasteiger partial charge < -0.3 is 0 Å². The summed E-state index contributed by atoms with van der Waals surface area (Å²) in [5.74, 6) is 0.465. The van der Waals surface area contributed by atoms with Crippen LogP contribution in [0.5, 0.6) is 0 Å². The molecule has 0 aliphatic rings. The van der Waals surface area contributed by atoms with E-state index < -0.39 is 10.0 Å². The van der Waals surface area contributed by atoms with Crippen molar-refractivity contribution in [3.63, 3.8) is 0 Å². The number of benzene rings is 2. The highest BCUT2D eigenvalue weighted by molar-refractivity contribution is 7.89. The summed E-state index contributed by atoms with van der Waals surface area (Å²) < 4.78 is 28.3. The van der Waals surface area contributed by atoms with Gasteiger partial charge in [-0.15, -0.1) is 0 Å². The van der Waals surface area contributed by atoms with Crippen LogP contribution in [0.2, 0.25) is 0 Å². The summed E-state index contributed by atoms with van der Waals surface area (Å²) in [5.41, 5.74) is 3.42. The molecule has 1 atom stereocenters. The smallest absolute Gasteiger partial charge is 0.207 e. The Balaban J connectivity index is 2.18. The Hall–Kier alpha value is -1.65. The molecule has 2 aromatic carbocycles. The highest BCUT2D eigenvalue weighted by atomic mass is 32.2. The lowest BCUT2D eigenvalue weighted by Gasteiger charge is -2.18. The number of nitrogens with one attached hydrogen (secondary N) is 1. The molecule has 3 nitrogen and oxygen atoms in total. The maximum Gasteiger partial charge on any atom is 0.241 e. The fourth-order valence-corrected chi connectivity index (χ4v) is 4.19. The number of aryl methyl sites for hydroxylation is 1. The molecule has 0 fully saturated rings. The minimum Gasteiger partial charge on any atom is -0.207 e. The molecule has 1 N–H and O–H groups in total. The predicted molar refractivity (Wildman–Crippen MR) is 104 cm³/mol. The summed E-state index contributed by atoms with van der Waals surface area (Å²) in [5, 5.41) is 0. The van der Waals surface area contributed by atoms with E-state index in [0.29, 0.717) is 17.2 Å². The van der Waals surface area contributed by atoms with Gasteiger partial charge in [0, 0.05) is 6.04 Å². The van der Waals surface area contributed by atoms with Crippen molar-refractivity contribution in [1.29, 1.82) is 0 Å². The van der Waals surface area contributed by atoms with Crippen LogP contribution in [0.4, 0.5) is 0 Å². The van der Waals surface area contributed by atoms with Crippen LogP contribution in [0.1, 0.15) is 69.2 Å². The number of sulfonamides is 1. The molecule has 2 aromatic rings. The minimum atomic E-state index is -3.53. The molecule has 0 heterocycles. The Morgan fingerprint density at radius 1 is 0.880 bits per heavy atom. The van der Waals surface area contributed by atoms with Crippen LogP contribution in [-0.4, -0.2) is 8.42 Å². The van der Waals surface area contributed by atoms with Gasteiger partial charge in [-0.05, 0) is 47.6 Å². The van der Waals surface area contributed by atoms with Crippen LogP contribution in [0, 0.1) is 0 Å². The lowest BCUT2D eigenvalue weighted by molar-refractivity contribution is 0.550. The minimum absolute atomic E-state index is 0.221. The molecule has 0 saturated heterocycles.